The van der Waals surface area contributed by atoms with Crippen molar-refractivity contribution in [1.82, 2.24) is 0 Å². The van der Waals surface area contributed by atoms with E-state index in [2.05, 4.69) is 13.8 Å². The van der Waals surface area contributed by atoms with E-state index >= 15 is 0 Å². The molecule has 1 rings (SSSR count). The van der Waals surface area contributed by atoms with Gasteiger partial charge in [-0.2, -0.15) is 0 Å². The minimum Gasteiger partial charge on any atom is -0.0654 e. The molecule has 2 unspecified atom stereocenters. The van der Waals surface area contributed by atoms with Crippen molar-refractivity contribution in [3.63, 3.8) is 0 Å². The van der Waals surface area contributed by atoms with E-state index in [1.807, 2.05) is 0 Å². The molecule has 1 fully saturated rings. The maximum absolute atomic E-state index is 2.39. The molecule has 0 spiro atoms. The Bertz CT molecular complexity index is 564. The molecule has 0 aromatic rings. The lowest BCUT2D eigenvalue weighted by atomic mass is 9.97. The molecular weight excluding hydrogens is 577 g/mol. The molecule has 0 N–H and O–H groups in total. The molecule has 1 aliphatic carbocycles. The molecule has 1 saturated carbocycles. The second-order valence-electron chi connectivity index (χ2n) is 17.2. The molecule has 1 aliphatic rings. The Labute approximate surface area is 307 Å². The summed E-state index contributed by atoms with van der Waals surface area (Å²) in [5.74, 6) is 2.16. The average Bonchev–Trinajstić information content (AvgIpc) is 3.57. The Morgan fingerprint density at radius 3 is 0.667 bits per heavy atom. The van der Waals surface area contributed by atoms with Gasteiger partial charge in [-0.05, 0) is 18.3 Å². The molecule has 0 nitrogen and oxygen atoms in total. The highest BCUT2D eigenvalue weighted by Crippen LogP contribution is 2.35. The molecule has 2 atom stereocenters. The predicted molar refractivity (Wildman–Crippen MR) is 221 cm³/mol. The Balaban J connectivity index is 1.60. The van der Waals surface area contributed by atoms with Crippen molar-refractivity contribution in [2.75, 3.05) is 0 Å². The highest BCUT2D eigenvalue weighted by molar-refractivity contribution is 4.74. The zero-order valence-electron chi connectivity index (χ0n) is 34.3. The first-order chi connectivity index (χ1) is 23.9. The Hall–Kier alpha value is 0. The van der Waals surface area contributed by atoms with Gasteiger partial charge in [0.1, 0.15) is 0 Å². The summed E-state index contributed by atoms with van der Waals surface area (Å²) in [5, 5.41) is 0. The van der Waals surface area contributed by atoms with Crippen molar-refractivity contribution < 1.29 is 0 Å². The third-order valence-electron chi connectivity index (χ3n) is 12.4. The molecule has 0 radical (unpaired) electrons. The van der Waals surface area contributed by atoms with Gasteiger partial charge >= 0.3 is 0 Å². The van der Waals surface area contributed by atoms with Crippen LogP contribution in [0.4, 0.5) is 0 Å². The second-order valence-corrected chi connectivity index (χ2v) is 17.2. The molecule has 0 amide bonds. The van der Waals surface area contributed by atoms with Crippen LogP contribution in [-0.4, -0.2) is 0 Å². The molecular formula is C48H96. The van der Waals surface area contributed by atoms with E-state index in [0.29, 0.717) is 0 Å². The van der Waals surface area contributed by atoms with Gasteiger partial charge in [-0.15, -0.1) is 0 Å². The molecule has 288 valence electrons. The van der Waals surface area contributed by atoms with E-state index in [0.717, 1.165) is 11.8 Å². The zero-order chi connectivity index (χ0) is 34.3. The first kappa shape index (κ1) is 46.0. The smallest absolute Gasteiger partial charge is 0.0412 e. The summed E-state index contributed by atoms with van der Waals surface area (Å²) in [6.45, 7) is 4.70. The third kappa shape index (κ3) is 34.4. The highest BCUT2D eigenvalue weighted by atomic mass is 14.3. The fourth-order valence-electron chi connectivity index (χ4n) is 8.86. The summed E-state index contributed by atoms with van der Waals surface area (Å²) in [6.07, 6.45) is 65.8. The van der Waals surface area contributed by atoms with Gasteiger partial charge in [0.25, 0.3) is 0 Å². The zero-order valence-corrected chi connectivity index (χ0v) is 34.3. The van der Waals surface area contributed by atoms with Gasteiger partial charge < -0.3 is 0 Å². The van der Waals surface area contributed by atoms with Crippen molar-refractivity contribution >= 4 is 0 Å². The van der Waals surface area contributed by atoms with Gasteiger partial charge in [0.2, 0.25) is 0 Å². The molecule has 0 bridgehead atoms. The lowest BCUT2D eigenvalue weighted by Crippen LogP contribution is -1.96. The van der Waals surface area contributed by atoms with Gasteiger partial charge in [0, 0.05) is 0 Å². The second kappa shape index (κ2) is 39.8. The fourth-order valence-corrected chi connectivity index (χ4v) is 8.86. The van der Waals surface area contributed by atoms with Crippen LogP contribution >= 0.6 is 0 Å². The quantitative estimate of drug-likeness (QED) is 0.0567. The average molecular weight is 673 g/mol. The van der Waals surface area contributed by atoms with E-state index < -0.39 is 0 Å². The SMILES string of the molecule is CCCCCCCCCCCCCCCCCCCCCCCCCCCCCCCCCCCCCCCCCC1CCC(CC)C1. The van der Waals surface area contributed by atoms with Gasteiger partial charge in [-0.3, -0.25) is 0 Å². The number of rotatable bonds is 41. The van der Waals surface area contributed by atoms with E-state index in [4.69, 9.17) is 0 Å². The Morgan fingerprint density at radius 1 is 0.250 bits per heavy atom. The summed E-state index contributed by atoms with van der Waals surface area (Å²) in [4.78, 5) is 0. The van der Waals surface area contributed by atoms with E-state index in [-0.39, 0.29) is 0 Å². The van der Waals surface area contributed by atoms with Crippen LogP contribution in [0.2, 0.25) is 0 Å². The van der Waals surface area contributed by atoms with E-state index in [1.165, 1.54) is 276 Å². The summed E-state index contributed by atoms with van der Waals surface area (Å²) in [5.41, 5.74) is 0. The van der Waals surface area contributed by atoms with Crippen molar-refractivity contribution in [2.45, 2.75) is 296 Å². The third-order valence-corrected chi connectivity index (χ3v) is 12.4. The highest BCUT2D eigenvalue weighted by Gasteiger charge is 2.22. The van der Waals surface area contributed by atoms with Crippen LogP contribution in [0.15, 0.2) is 0 Å². The van der Waals surface area contributed by atoms with E-state index in [9.17, 15) is 0 Å². The summed E-state index contributed by atoms with van der Waals surface area (Å²) >= 11 is 0. The van der Waals surface area contributed by atoms with Crippen molar-refractivity contribution in [3.8, 4) is 0 Å². The molecule has 0 heteroatoms. The topological polar surface area (TPSA) is 0 Å². The van der Waals surface area contributed by atoms with Crippen molar-refractivity contribution in [3.05, 3.63) is 0 Å². The van der Waals surface area contributed by atoms with Crippen molar-refractivity contribution in [1.29, 1.82) is 0 Å². The molecule has 0 aliphatic heterocycles. The number of unbranched alkanes of at least 4 members (excludes halogenated alkanes) is 38. The molecule has 0 aromatic heterocycles. The Morgan fingerprint density at radius 2 is 0.458 bits per heavy atom. The van der Waals surface area contributed by atoms with Crippen LogP contribution < -0.4 is 0 Å². The molecule has 48 heavy (non-hydrogen) atoms. The minimum atomic E-state index is 1.07. The lowest BCUT2D eigenvalue weighted by molar-refractivity contribution is 0.433. The lowest BCUT2D eigenvalue weighted by Gasteiger charge is -2.09. The first-order valence-corrected chi connectivity index (χ1v) is 23.9. The van der Waals surface area contributed by atoms with Gasteiger partial charge in [0.05, 0.1) is 0 Å². The van der Waals surface area contributed by atoms with Crippen LogP contribution in [0.1, 0.15) is 296 Å². The fraction of sp³-hybridized carbons (Fsp3) is 1.00. The van der Waals surface area contributed by atoms with Gasteiger partial charge in [-0.1, -0.05) is 290 Å². The van der Waals surface area contributed by atoms with Crippen LogP contribution in [-0.2, 0) is 0 Å². The van der Waals surface area contributed by atoms with E-state index in [1.54, 1.807) is 6.42 Å². The number of hydrogen-bond acceptors (Lipinski definition) is 0. The maximum atomic E-state index is 2.39. The number of hydrogen-bond donors (Lipinski definition) is 0. The summed E-state index contributed by atoms with van der Waals surface area (Å²) in [6, 6.07) is 0. The van der Waals surface area contributed by atoms with Crippen LogP contribution in [0, 0.1) is 11.8 Å². The van der Waals surface area contributed by atoms with Crippen LogP contribution in [0.3, 0.4) is 0 Å². The Kier molecular flexibility index (Phi) is 38.1. The monoisotopic (exact) mass is 673 g/mol. The maximum Gasteiger partial charge on any atom is -0.0412 e. The minimum absolute atomic E-state index is 1.07. The molecule has 0 saturated heterocycles. The van der Waals surface area contributed by atoms with Gasteiger partial charge in [-0.25, -0.2) is 0 Å². The largest absolute Gasteiger partial charge is 0.0654 e. The predicted octanol–water partition coefficient (Wildman–Crippen LogP) is 18.4. The standard InChI is InChI=1S/C48H96/c1-3-5-6-7-8-9-10-11-12-13-14-15-16-17-18-19-20-21-22-23-24-25-26-27-28-29-30-31-32-33-34-35-36-37-38-39-40-41-42-43-48-45-44-47(4-2)46-48/h47-48H,3-46H2,1-2H3. The van der Waals surface area contributed by atoms with Crippen LogP contribution in [0.25, 0.3) is 0 Å². The summed E-state index contributed by atoms with van der Waals surface area (Å²) in [7, 11) is 0. The first-order valence-electron chi connectivity index (χ1n) is 23.9. The van der Waals surface area contributed by atoms with Crippen LogP contribution in [0.5, 0.6) is 0 Å². The van der Waals surface area contributed by atoms with Crippen molar-refractivity contribution in [2.24, 2.45) is 11.8 Å². The molecule has 0 heterocycles. The normalized spacial score (nSPS) is 16.4. The summed E-state index contributed by atoms with van der Waals surface area (Å²) < 4.78 is 0. The molecule has 0 aromatic carbocycles. The van der Waals surface area contributed by atoms with Gasteiger partial charge in [0.15, 0.2) is 0 Å².